The summed E-state index contributed by atoms with van der Waals surface area (Å²) in [4.78, 5) is 0. The normalized spacial score (nSPS) is 12.5. The number of rotatable bonds is 12. The summed E-state index contributed by atoms with van der Waals surface area (Å²) >= 11 is 6.25. The molecule has 0 fully saturated rings. The van der Waals surface area contributed by atoms with Crippen molar-refractivity contribution in [3.63, 3.8) is 0 Å². The van der Waals surface area contributed by atoms with Crippen LogP contribution in [0.4, 0.5) is 13.2 Å². The van der Waals surface area contributed by atoms with Gasteiger partial charge >= 0.3 is 6.61 Å². The molecule has 0 aliphatic rings. The predicted molar refractivity (Wildman–Crippen MR) is 156 cm³/mol. The summed E-state index contributed by atoms with van der Waals surface area (Å²) in [5.41, 5.74) is 1.57. The highest BCUT2D eigenvalue weighted by atomic mass is 35.5. The first-order valence-corrected chi connectivity index (χ1v) is 13.9. The Bertz CT molecular complexity index is 1280. The molecule has 0 N–H and O–H groups in total. The minimum atomic E-state index is -2.91. The van der Waals surface area contributed by atoms with E-state index in [1.165, 1.54) is 18.2 Å². The average Bonchev–Trinajstić information content (AvgIpc) is 2.83. The molecule has 0 radical (unpaired) electrons. The maximum Gasteiger partial charge on any atom is 0.387 e. The van der Waals surface area contributed by atoms with Gasteiger partial charge in [-0.15, -0.1) is 0 Å². The Morgan fingerprint density at radius 3 is 1.77 bits per heavy atom. The SMILES string of the molecule is CC(C)(C)c1ccc(Cl)cc1OCCC(C)(C)c1ccc(F)cc1OCCC(C)(C)c1ccccc1OC(F)F. The lowest BCUT2D eigenvalue weighted by molar-refractivity contribution is -0.0510. The van der Waals surface area contributed by atoms with Crippen molar-refractivity contribution in [3.05, 3.63) is 88.2 Å². The van der Waals surface area contributed by atoms with Crippen molar-refractivity contribution < 1.29 is 27.4 Å². The Labute approximate surface area is 241 Å². The van der Waals surface area contributed by atoms with Crippen molar-refractivity contribution in [2.75, 3.05) is 13.2 Å². The first-order chi connectivity index (χ1) is 18.6. The zero-order valence-corrected chi connectivity index (χ0v) is 25.2. The maximum absolute atomic E-state index is 14.3. The molecule has 0 saturated heterocycles. The first-order valence-electron chi connectivity index (χ1n) is 13.5. The van der Waals surface area contributed by atoms with Crippen LogP contribution in [0.15, 0.2) is 60.7 Å². The minimum Gasteiger partial charge on any atom is -0.493 e. The van der Waals surface area contributed by atoms with Crippen LogP contribution in [-0.4, -0.2) is 19.8 Å². The van der Waals surface area contributed by atoms with Gasteiger partial charge in [0, 0.05) is 22.2 Å². The molecule has 0 spiro atoms. The topological polar surface area (TPSA) is 27.7 Å². The molecule has 0 bridgehead atoms. The molecule has 0 amide bonds. The van der Waals surface area contributed by atoms with Gasteiger partial charge in [0.1, 0.15) is 23.1 Å². The van der Waals surface area contributed by atoms with Crippen molar-refractivity contribution >= 4 is 11.6 Å². The maximum atomic E-state index is 14.3. The van der Waals surface area contributed by atoms with Gasteiger partial charge < -0.3 is 14.2 Å². The molecular formula is C33H40ClF3O3. The molecule has 0 atom stereocenters. The monoisotopic (exact) mass is 576 g/mol. The van der Waals surface area contributed by atoms with Crippen LogP contribution in [0.2, 0.25) is 5.02 Å². The number of benzene rings is 3. The lowest BCUT2D eigenvalue weighted by Gasteiger charge is -2.30. The second-order valence-electron chi connectivity index (χ2n) is 12.4. The number of hydrogen-bond acceptors (Lipinski definition) is 3. The molecule has 3 nitrogen and oxygen atoms in total. The fourth-order valence-corrected chi connectivity index (χ4v) is 4.90. The van der Waals surface area contributed by atoms with E-state index in [0.29, 0.717) is 35.8 Å². The summed E-state index contributed by atoms with van der Waals surface area (Å²) in [5.74, 6) is 0.958. The van der Waals surface area contributed by atoms with Crippen molar-refractivity contribution in [2.24, 2.45) is 0 Å². The number of hydrogen-bond donors (Lipinski definition) is 0. The third-order valence-corrected chi connectivity index (χ3v) is 7.46. The first kappa shape index (κ1) is 31.7. The standard InChI is InChI=1S/C33H40ClF3O3/c1-31(2,3)24-14-12-22(34)20-28(24)38-18-17-33(6,7)26-15-13-23(35)21-29(26)39-19-16-32(4,5)25-10-8-9-11-27(25)40-30(36)37/h8-15,20-21,30H,16-19H2,1-7H3. The zero-order chi connectivity index (χ0) is 29.7. The van der Waals surface area contributed by atoms with Crippen LogP contribution in [0.1, 0.15) is 78.0 Å². The molecule has 3 aromatic carbocycles. The van der Waals surface area contributed by atoms with Gasteiger partial charge in [0.25, 0.3) is 0 Å². The Hall–Kier alpha value is -2.86. The molecule has 0 aliphatic carbocycles. The number of halogens is 4. The predicted octanol–water partition coefficient (Wildman–Crippen LogP) is 9.87. The summed E-state index contributed by atoms with van der Waals surface area (Å²) in [6.45, 7) is 12.2. The van der Waals surface area contributed by atoms with Crippen molar-refractivity contribution in [1.82, 2.24) is 0 Å². The van der Waals surface area contributed by atoms with Gasteiger partial charge in [0.2, 0.25) is 0 Å². The van der Waals surface area contributed by atoms with Crippen LogP contribution in [-0.2, 0) is 16.2 Å². The van der Waals surface area contributed by atoms with Crippen molar-refractivity contribution in [3.8, 4) is 17.2 Å². The molecule has 7 heteroatoms. The number of ether oxygens (including phenoxy) is 3. The van der Waals surface area contributed by atoms with E-state index in [2.05, 4.69) is 34.6 Å². The molecule has 0 saturated carbocycles. The van der Waals surface area contributed by atoms with Crippen LogP contribution in [0.5, 0.6) is 17.2 Å². The van der Waals surface area contributed by atoms with E-state index in [-0.39, 0.29) is 17.8 Å². The smallest absolute Gasteiger partial charge is 0.387 e. The molecule has 0 heterocycles. The lowest BCUT2D eigenvalue weighted by atomic mass is 9.80. The second-order valence-corrected chi connectivity index (χ2v) is 12.8. The molecule has 0 aromatic heterocycles. The van der Waals surface area contributed by atoms with Crippen molar-refractivity contribution in [1.29, 1.82) is 0 Å². The molecule has 0 unspecified atom stereocenters. The van der Waals surface area contributed by atoms with Gasteiger partial charge in [-0.2, -0.15) is 8.78 Å². The van der Waals surface area contributed by atoms with Crippen LogP contribution >= 0.6 is 11.6 Å². The van der Waals surface area contributed by atoms with Gasteiger partial charge in [0.05, 0.1) is 13.2 Å². The Kier molecular flexibility index (Phi) is 10.1. The van der Waals surface area contributed by atoms with Gasteiger partial charge in [-0.1, -0.05) is 90.4 Å². The van der Waals surface area contributed by atoms with Crippen LogP contribution in [0.25, 0.3) is 0 Å². The molecule has 0 aliphatic heterocycles. The largest absolute Gasteiger partial charge is 0.493 e. The average molecular weight is 577 g/mol. The second kappa shape index (κ2) is 12.8. The summed E-state index contributed by atoms with van der Waals surface area (Å²) in [7, 11) is 0. The van der Waals surface area contributed by atoms with E-state index in [1.54, 1.807) is 24.3 Å². The van der Waals surface area contributed by atoms with Crippen molar-refractivity contribution in [2.45, 2.75) is 84.2 Å². The molecule has 218 valence electrons. The third-order valence-electron chi connectivity index (χ3n) is 7.23. The molecule has 40 heavy (non-hydrogen) atoms. The highest BCUT2D eigenvalue weighted by molar-refractivity contribution is 6.30. The van der Waals surface area contributed by atoms with Crippen LogP contribution < -0.4 is 14.2 Å². The zero-order valence-electron chi connectivity index (χ0n) is 24.4. The van der Waals surface area contributed by atoms with E-state index in [1.807, 2.05) is 32.0 Å². The van der Waals surface area contributed by atoms with Crippen LogP contribution in [0.3, 0.4) is 0 Å². The summed E-state index contributed by atoms with van der Waals surface area (Å²) in [6, 6.07) is 17.0. The fourth-order valence-electron chi connectivity index (χ4n) is 4.74. The van der Waals surface area contributed by atoms with Gasteiger partial charge in [-0.25, -0.2) is 4.39 Å². The Morgan fingerprint density at radius 1 is 0.675 bits per heavy atom. The molecule has 3 aromatic rings. The van der Waals surface area contributed by atoms with Crippen LogP contribution in [0, 0.1) is 5.82 Å². The number of para-hydroxylation sites is 1. The van der Waals surface area contributed by atoms with Gasteiger partial charge in [-0.3, -0.25) is 0 Å². The highest BCUT2D eigenvalue weighted by Crippen LogP contribution is 2.39. The van der Waals surface area contributed by atoms with E-state index in [9.17, 15) is 13.2 Å². The Balaban J connectivity index is 1.72. The lowest BCUT2D eigenvalue weighted by Crippen LogP contribution is -2.24. The highest BCUT2D eigenvalue weighted by Gasteiger charge is 2.28. The molecule has 3 rings (SSSR count). The summed E-state index contributed by atoms with van der Waals surface area (Å²) < 4.78 is 57.3. The number of alkyl halides is 2. The van der Waals surface area contributed by atoms with E-state index >= 15 is 0 Å². The van der Waals surface area contributed by atoms with E-state index in [4.69, 9.17) is 25.8 Å². The molecular weight excluding hydrogens is 537 g/mol. The Morgan fingerprint density at radius 2 is 1.20 bits per heavy atom. The summed E-state index contributed by atoms with van der Waals surface area (Å²) in [5, 5.41) is 0.614. The summed E-state index contributed by atoms with van der Waals surface area (Å²) in [6.07, 6.45) is 1.15. The van der Waals surface area contributed by atoms with E-state index < -0.39 is 23.3 Å². The van der Waals surface area contributed by atoms with Gasteiger partial charge in [0.15, 0.2) is 0 Å². The fraction of sp³-hybridized carbons (Fsp3) is 0.455. The minimum absolute atomic E-state index is 0.104. The quantitative estimate of drug-likeness (QED) is 0.215. The van der Waals surface area contributed by atoms with Gasteiger partial charge in [-0.05, 0) is 58.9 Å². The third kappa shape index (κ3) is 8.33. The van der Waals surface area contributed by atoms with E-state index in [0.717, 1.165) is 16.9 Å².